The number of pyridine rings is 1. The summed E-state index contributed by atoms with van der Waals surface area (Å²) >= 11 is 5.92. The number of benzene rings is 2. The zero-order valence-electron chi connectivity index (χ0n) is 17.3. The van der Waals surface area contributed by atoms with E-state index in [-0.39, 0.29) is 6.09 Å². The first-order valence-electron chi connectivity index (χ1n) is 10.2. The monoisotopic (exact) mass is 451 g/mol. The number of halogens is 1. The van der Waals surface area contributed by atoms with Crippen LogP contribution in [0.1, 0.15) is 15.9 Å². The summed E-state index contributed by atoms with van der Waals surface area (Å²) in [6, 6.07) is 17.5. The summed E-state index contributed by atoms with van der Waals surface area (Å²) in [6.45, 7) is 3.41. The van der Waals surface area contributed by atoms with Gasteiger partial charge in [0.15, 0.2) is 5.75 Å². The lowest BCUT2D eigenvalue weighted by atomic mass is 10.2. The summed E-state index contributed by atoms with van der Waals surface area (Å²) in [5.74, 6) is 0.465. The minimum absolute atomic E-state index is 0.358. The summed E-state index contributed by atoms with van der Waals surface area (Å²) in [5, 5.41) is 0.486. The quantitative estimate of drug-likeness (QED) is 0.426. The molecule has 32 heavy (non-hydrogen) atoms. The van der Waals surface area contributed by atoms with Crippen molar-refractivity contribution in [2.24, 2.45) is 0 Å². The molecule has 1 fully saturated rings. The van der Waals surface area contributed by atoms with Gasteiger partial charge in [0, 0.05) is 43.9 Å². The fourth-order valence-electron chi connectivity index (χ4n) is 3.36. The molecular weight excluding hydrogens is 430 g/mol. The predicted octanol–water partition coefficient (Wildman–Crippen LogP) is 4.27. The Balaban J connectivity index is 1.25. The normalized spacial score (nSPS) is 14.1. The van der Waals surface area contributed by atoms with Crippen LogP contribution in [0.2, 0.25) is 5.02 Å². The van der Waals surface area contributed by atoms with Gasteiger partial charge in [-0.05, 0) is 48.0 Å². The predicted molar refractivity (Wildman–Crippen MR) is 120 cm³/mol. The van der Waals surface area contributed by atoms with Crippen LogP contribution in [0.25, 0.3) is 0 Å². The van der Waals surface area contributed by atoms with Gasteiger partial charge in [0.1, 0.15) is 5.75 Å². The van der Waals surface area contributed by atoms with Crippen LogP contribution < -0.4 is 9.47 Å². The fraction of sp³-hybridized carbons (Fsp3) is 0.208. The molecule has 1 aromatic heterocycles. The maximum Gasteiger partial charge on any atom is 0.415 e. The third-order valence-electron chi connectivity index (χ3n) is 5.07. The van der Waals surface area contributed by atoms with Gasteiger partial charge in [-0.25, -0.2) is 9.59 Å². The highest BCUT2D eigenvalue weighted by molar-refractivity contribution is 6.30. The second-order valence-electron chi connectivity index (χ2n) is 7.36. The summed E-state index contributed by atoms with van der Waals surface area (Å²) in [6.07, 6.45) is 2.79. The van der Waals surface area contributed by atoms with Gasteiger partial charge in [0.05, 0.1) is 11.8 Å². The smallest absolute Gasteiger partial charge is 0.415 e. The number of nitrogens with zero attached hydrogens (tertiary/aromatic N) is 3. The Morgan fingerprint density at radius 2 is 1.69 bits per heavy atom. The van der Waals surface area contributed by atoms with E-state index in [0.29, 0.717) is 35.2 Å². The standard InChI is InChI=1S/C24H22ClN3O4/c25-20-4-1-3-19(15-20)23(29)31-21-8-6-18(7-9-21)17-27-11-13-28(14-12-27)24(30)32-22-5-2-10-26-16-22/h1-10,15-16H,11-14,17H2. The molecule has 8 heteroatoms. The number of hydrogen-bond acceptors (Lipinski definition) is 6. The molecule has 0 N–H and O–H groups in total. The minimum Gasteiger partial charge on any atom is -0.423 e. The van der Waals surface area contributed by atoms with Crippen LogP contribution in [0.15, 0.2) is 73.1 Å². The van der Waals surface area contributed by atoms with Gasteiger partial charge in [-0.1, -0.05) is 29.8 Å². The summed E-state index contributed by atoms with van der Waals surface area (Å²) in [5.41, 5.74) is 1.50. The highest BCUT2D eigenvalue weighted by Crippen LogP contribution is 2.18. The SMILES string of the molecule is O=C(Oc1ccc(CN2CCN(C(=O)Oc3cccnc3)CC2)cc1)c1cccc(Cl)c1. The van der Waals surface area contributed by atoms with E-state index in [1.54, 1.807) is 59.6 Å². The number of ether oxygens (including phenoxy) is 2. The third kappa shape index (κ3) is 5.84. The van der Waals surface area contributed by atoms with Gasteiger partial charge in [0.25, 0.3) is 0 Å². The lowest BCUT2D eigenvalue weighted by molar-refractivity contribution is 0.0734. The van der Waals surface area contributed by atoms with Crippen molar-refractivity contribution in [2.45, 2.75) is 6.54 Å². The lowest BCUT2D eigenvalue weighted by Crippen LogP contribution is -2.49. The minimum atomic E-state index is -0.449. The molecule has 3 aromatic rings. The van der Waals surface area contributed by atoms with Gasteiger partial charge in [-0.3, -0.25) is 9.88 Å². The average molecular weight is 452 g/mol. The largest absolute Gasteiger partial charge is 0.423 e. The molecule has 0 aliphatic carbocycles. The van der Waals surface area contributed by atoms with Crippen molar-refractivity contribution in [1.82, 2.24) is 14.8 Å². The first-order chi connectivity index (χ1) is 15.6. The van der Waals surface area contributed by atoms with Crippen LogP contribution >= 0.6 is 11.6 Å². The number of piperazine rings is 1. The number of esters is 1. The second-order valence-corrected chi connectivity index (χ2v) is 7.80. The summed E-state index contributed by atoms with van der Waals surface area (Å²) in [7, 11) is 0. The highest BCUT2D eigenvalue weighted by Gasteiger charge is 2.22. The summed E-state index contributed by atoms with van der Waals surface area (Å²) in [4.78, 5) is 32.4. The van der Waals surface area contributed by atoms with Gasteiger partial charge >= 0.3 is 12.1 Å². The van der Waals surface area contributed by atoms with Crippen LogP contribution in [0.4, 0.5) is 4.79 Å². The molecule has 1 aliphatic heterocycles. The molecule has 0 atom stereocenters. The van der Waals surface area contributed by atoms with Crippen molar-refractivity contribution in [1.29, 1.82) is 0 Å². The summed E-state index contributed by atoms with van der Waals surface area (Å²) < 4.78 is 10.8. The number of aromatic nitrogens is 1. The van der Waals surface area contributed by atoms with Crippen molar-refractivity contribution >= 4 is 23.7 Å². The number of carbonyl (C=O) groups is 2. The Hall–Kier alpha value is -3.42. The molecule has 2 heterocycles. The molecule has 0 radical (unpaired) electrons. The van der Waals surface area contributed by atoms with E-state index in [1.165, 1.54) is 6.20 Å². The van der Waals surface area contributed by atoms with E-state index >= 15 is 0 Å². The van der Waals surface area contributed by atoms with E-state index in [9.17, 15) is 9.59 Å². The molecule has 0 bridgehead atoms. The van der Waals surface area contributed by atoms with E-state index in [4.69, 9.17) is 21.1 Å². The van der Waals surface area contributed by atoms with Gasteiger partial charge in [-0.2, -0.15) is 0 Å². The molecule has 7 nitrogen and oxygen atoms in total. The first-order valence-corrected chi connectivity index (χ1v) is 10.6. The van der Waals surface area contributed by atoms with Crippen molar-refractivity contribution in [3.05, 3.63) is 89.2 Å². The maximum atomic E-state index is 12.3. The topological polar surface area (TPSA) is 72.0 Å². The van der Waals surface area contributed by atoms with Crippen molar-refractivity contribution in [3.63, 3.8) is 0 Å². The number of hydrogen-bond donors (Lipinski definition) is 0. The van der Waals surface area contributed by atoms with Gasteiger partial charge in [0.2, 0.25) is 0 Å². The van der Waals surface area contributed by atoms with Crippen LogP contribution in [-0.2, 0) is 6.54 Å². The van der Waals surface area contributed by atoms with Crippen molar-refractivity contribution in [2.75, 3.05) is 26.2 Å². The van der Waals surface area contributed by atoms with Crippen molar-refractivity contribution in [3.8, 4) is 11.5 Å². The molecule has 2 aromatic carbocycles. The Bertz CT molecular complexity index is 1070. The maximum absolute atomic E-state index is 12.3. The van der Waals surface area contributed by atoms with Crippen LogP contribution in [0.5, 0.6) is 11.5 Å². The number of rotatable bonds is 5. The van der Waals surface area contributed by atoms with Crippen LogP contribution in [-0.4, -0.2) is 53.0 Å². The van der Waals surface area contributed by atoms with Crippen molar-refractivity contribution < 1.29 is 19.1 Å². The molecule has 164 valence electrons. The van der Waals surface area contributed by atoms with E-state index in [0.717, 1.165) is 25.2 Å². The highest BCUT2D eigenvalue weighted by atomic mass is 35.5. The zero-order valence-corrected chi connectivity index (χ0v) is 18.1. The third-order valence-corrected chi connectivity index (χ3v) is 5.31. The molecule has 1 amide bonds. The fourth-order valence-corrected chi connectivity index (χ4v) is 3.55. The molecule has 0 spiro atoms. The Labute approximate surface area is 191 Å². The van der Waals surface area contributed by atoms with E-state index in [1.807, 2.05) is 12.1 Å². The molecule has 1 saturated heterocycles. The van der Waals surface area contributed by atoms with E-state index in [2.05, 4.69) is 9.88 Å². The second kappa shape index (κ2) is 10.3. The van der Waals surface area contributed by atoms with Gasteiger partial charge < -0.3 is 14.4 Å². The Morgan fingerprint density at radius 1 is 0.906 bits per heavy atom. The Morgan fingerprint density at radius 3 is 2.38 bits per heavy atom. The first kappa shape index (κ1) is 21.8. The number of carbonyl (C=O) groups excluding carboxylic acids is 2. The molecule has 0 saturated carbocycles. The molecular formula is C24H22ClN3O4. The van der Waals surface area contributed by atoms with E-state index < -0.39 is 5.97 Å². The average Bonchev–Trinajstić information content (AvgIpc) is 2.81. The number of amides is 1. The van der Waals surface area contributed by atoms with Crippen LogP contribution in [0, 0.1) is 0 Å². The van der Waals surface area contributed by atoms with Gasteiger partial charge in [-0.15, -0.1) is 0 Å². The molecule has 4 rings (SSSR count). The lowest BCUT2D eigenvalue weighted by Gasteiger charge is -2.34. The Kier molecular flexibility index (Phi) is 6.99. The zero-order chi connectivity index (χ0) is 22.3. The molecule has 0 unspecified atom stereocenters. The van der Waals surface area contributed by atoms with Crippen LogP contribution in [0.3, 0.4) is 0 Å². The molecule has 1 aliphatic rings.